The van der Waals surface area contributed by atoms with E-state index in [1.165, 1.54) is 11.1 Å². The Bertz CT molecular complexity index is 631. The van der Waals surface area contributed by atoms with Gasteiger partial charge in [-0.1, -0.05) is 36.0 Å². The van der Waals surface area contributed by atoms with Crippen molar-refractivity contribution < 1.29 is 14.3 Å². The highest BCUT2D eigenvalue weighted by atomic mass is 16.5. The maximum atomic E-state index is 12.0. The first kappa shape index (κ1) is 18.5. The van der Waals surface area contributed by atoms with E-state index in [9.17, 15) is 4.79 Å². The van der Waals surface area contributed by atoms with Gasteiger partial charge in [0.25, 0.3) is 0 Å². The number of fused-ring (bicyclic) bond motifs is 1. The van der Waals surface area contributed by atoms with Gasteiger partial charge in [-0.3, -0.25) is 0 Å². The number of carbonyl (C=O) groups excluding carboxylic acids is 1. The van der Waals surface area contributed by atoms with Gasteiger partial charge in [-0.25, -0.2) is 4.79 Å². The number of carbonyl (C=O) groups is 1. The average Bonchev–Trinajstić information content (AvgIpc) is 2.86. The van der Waals surface area contributed by atoms with Crippen LogP contribution >= 0.6 is 0 Å². The summed E-state index contributed by atoms with van der Waals surface area (Å²) in [6, 6.07) is 0. The second-order valence-electron chi connectivity index (χ2n) is 6.73. The SMILES string of the molecule is C=C(C)C1=CC=C(C)C(OC)CC=C(C)CC2C=C(CC1)C(=O)O2. The summed E-state index contributed by atoms with van der Waals surface area (Å²) in [7, 11) is 1.74. The Morgan fingerprint density at radius 2 is 2.04 bits per heavy atom. The highest BCUT2D eigenvalue weighted by Gasteiger charge is 2.25. The lowest BCUT2D eigenvalue weighted by Crippen LogP contribution is -2.12. The number of allylic oxidation sites excluding steroid dienone is 4. The first-order chi connectivity index (χ1) is 11.4. The topological polar surface area (TPSA) is 35.5 Å². The van der Waals surface area contributed by atoms with Gasteiger partial charge in [0.2, 0.25) is 0 Å². The third kappa shape index (κ3) is 4.81. The van der Waals surface area contributed by atoms with Crippen LogP contribution in [-0.2, 0) is 14.3 Å². The highest BCUT2D eigenvalue weighted by molar-refractivity contribution is 5.91. The molecule has 3 nitrogen and oxygen atoms in total. The van der Waals surface area contributed by atoms with E-state index >= 15 is 0 Å². The molecule has 24 heavy (non-hydrogen) atoms. The Labute approximate surface area is 145 Å². The van der Waals surface area contributed by atoms with Gasteiger partial charge in [0, 0.05) is 19.1 Å². The molecule has 0 fully saturated rings. The zero-order valence-electron chi connectivity index (χ0n) is 15.2. The second kappa shape index (κ2) is 8.29. The van der Waals surface area contributed by atoms with E-state index in [1.807, 2.05) is 13.0 Å². The van der Waals surface area contributed by atoms with Crippen molar-refractivity contribution in [1.82, 2.24) is 0 Å². The van der Waals surface area contributed by atoms with Crippen molar-refractivity contribution in [2.45, 2.75) is 58.7 Å². The van der Waals surface area contributed by atoms with Gasteiger partial charge in [-0.15, -0.1) is 0 Å². The number of methoxy groups -OCH3 is 1. The number of hydrogen-bond donors (Lipinski definition) is 0. The Morgan fingerprint density at radius 3 is 2.71 bits per heavy atom. The fourth-order valence-corrected chi connectivity index (χ4v) is 3.05. The van der Waals surface area contributed by atoms with E-state index in [4.69, 9.17) is 9.47 Å². The molecular weight excluding hydrogens is 300 g/mol. The third-order valence-electron chi connectivity index (χ3n) is 4.66. The summed E-state index contributed by atoms with van der Waals surface area (Å²) in [6.07, 6.45) is 11.3. The van der Waals surface area contributed by atoms with E-state index in [1.54, 1.807) is 7.11 Å². The van der Waals surface area contributed by atoms with Crippen LogP contribution in [0.3, 0.4) is 0 Å². The predicted molar refractivity (Wildman–Crippen MR) is 97.6 cm³/mol. The Morgan fingerprint density at radius 1 is 1.29 bits per heavy atom. The summed E-state index contributed by atoms with van der Waals surface area (Å²) in [4.78, 5) is 12.0. The molecule has 130 valence electrons. The molecule has 0 amide bonds. The summed E-state index contributed by atoms with van der Waals surface area (Å²) in [5.41, 5.74) is 5.37. The van der Waals surface area contributed by atoms with Crippen molar-refractivity contribution in [1.29, 1.82) is 0 Å². The molecule has 2 bridgehead atoms. The molecule has 1 aliphatic heterocycles. The number of esters is 1. The van der Waals surface area contributed by atoms with Gasteiger partial charge in [0.1, 0.15) is 6.10 Å². The van der Waals surface area contributed by atoms with Crippen LogP contribution in [0, 0.1) is 0 Å². The Balaban J connectivity index is 2.33. The van der Waals surface area contributed by atoms with Crippen molar-refractivity contribution >= 4 is 5.97 Å². The first-order valence-electron chi connectivity index (χ1n) is 8.54. The van der Waals surface area contributed by atoms with Gasteiger partial charge in [-0.05, 0) is 57.3 Å². The Kier molecular flexibility index (Phi) is 6.38. The van der Waals surface area contributed by atoms with E-state index < -0.39 is 0 Å². The van der Waals surface area contributed by atoms with Crippen molar-refractivity contribution in [3.8, 4) is 0 Å². The second-order valence-corrected chi connectivity index (χ2v) is 6.73. The van der Waals surface area contributed by atoms with Crippen LogP contribution in [0.15, 0.2) is 58.7 Å². The van der Waals surface area contributed by atoms with Gasteiger partial charge in [0.05, 0.1) is 6.10 Å². The Hall–Kier alpha value is -1.87. The standard InChI is InChI=1S/C21H28O3/c1-14(2)17-8-7-16(4)20(23-5)11-6-15(3)12-19-13-18(10-9-17)21(22)24-19/h6-8,13,19-20H,1,9-12H2,2-5H3. The summed E-state index contributed by atoms with van der Waals surface area (Å²) in [5.74, 6) is -0.176. The van der Waals surface area contributed by atoms with Crippen molar-refractivity contribution in [3.63, 3.8) is 0 Å². The third-order valence-corrected chi connectivity index (χ3v) is 4.66. The zero-order valence-corrected chi connectivity index (χ0v) is 15.2. The minimum absolute atomic E-state index is 0.0581. The van der Waals surface area contributed by atoms with Crippen molar-refractivity contribution in [2.24, 2.45) is 0 Å². The maximum absolute atomic E-state index is 12.0. The lowest BCUT2D eigenvalue weighted by molar-refractivity contribution is -0.139. The highest BCUT2D eigenvalue weighted by Crippen LogP contribution is 2.27. The zero-order chi connectivity index (χ0) is 17.7. The smallest absolute Gasteiger partial charge is 0.334 e. The lowest BCUT2D eigenvalue weighted by atomic mass is 9.97. The number of hydrogen-bond acceptors (Lipinski definition) is 3. The molecule has 1 heterocycles. The molecule has 0 N–H and O–H groups in total. The van der Waals surface area contributed by atoms with Gasteiger partial charge < -0.3 is 9.47 Å². The molecule has 2 aliphatic rings. The molecule has 2 unspecified atom stereocenters. The van der Waals surface area contributed by atoms with Gasteiger partial charge >= 0.3 is 5.97 Å². The summed E-state index contributed by atoms with van der Waals surface area (Å²) in [5, 5.41) is 0. The molecule has 0 spiro atoms. The van der Waals surface area contributed by atoms with Crippen LogP contribution in [0.2, 0.25) is 0 Å². The molecule has 0 radical (unpaired) electrons. The summed E-state index contributed by atoms with van der Waals surface area (Å²) in [6.45, 7) is 10.2. The molecule has 1 aliphatic carbocycles. The molecule has 2 atom stereocenters. The van der Waals surface area contributed by atoms with Crippen LogP contribution in [-0.4, -0.2) is 25.3 Å². The minimum atomic E-state index is -0.176. The van der Waals surface area contributed by atoms with E-state index in [2.05, 4.69) is 38.7 Å². The number of rotatable bonds is 2. The number of ether oxygens (including phenoxy) is 2. The van der Waals surface area contributed by atoms with Crippen LogP contribution in [0.25, 0.3) is 0 Å². The maximum Gasteiger partial charge on any atom is 0.334 e. The predicted octanol–water partition coefficient (Wildman–Crippen LogP) is 4.82. The normalized spacial score (nSPS) is 25.8. The molecule has 0 saturated heterocycles. The first-order valence-corrected chi connectivity index (χ1v) is 8.54. The molecule has 0 saturated carbocycles. The monoisotopic (exact) mass is 328 g/mol. The van der Waals surface area contributed by atoms with E-state index in [0.717, 1.165) is 36.0 Å². The van der Waals surface area contributed by atoms with Crippen LogP contribution < -0.4 is 0 Å². The molecule has 0 aromatic carbocycles. The van der Waals surface area contributed by atoms with Crippen molar-refractivity contribution in [2.75, 3.05) is 7.11 Å². The fraction of sp³-hybridized carbons (Fsp3) is 0.476. The minimum Gasteiger partial charge on any atom is -0.454 e. The quantitative estimate of drug-likeness (QED) is 0.538. The van der Waals surface area contributed by atoms with Crippen molar-refractivity contribution in [3.05, 3.63) is 58.7 Å². The summed E-state index contributed by atoms with van der Waals surface area (Å²) >= 11 is 0. The van der Waals surface area contributed by atoms with Gasteiger partial charge in [-0.2, -0.15) is 0 Å². The lowest BCUT2D eigenvalue weighted by Gasteiger charge is -2.15. The molecule has 0 aromatic rings. The van der Waals surface area contributed by atoms with Crippen LogP contribution in [0.4, 0.5) is 0 Å². The van der Waals surface area contributed by atoms with Gasteiger partial charge in [0.15, 0.2) is 0 Å². The molecular formula is C21H28O3. The largest absolute Gasteiger partial charge is 0.454 e. The molecule has 0 aromatic heterocycles. The fourth-order valence-electron chi connectivity index (χ4n) is 3.05. The molecule has 3 heteroatoms. The van der Waals surface area contributed by atoms with Crippen LogP contribution in [0.5, 0.6) is 0 Å². The van der Waals surface area contributed by atoms with E-state index in [-0.39, 0.29) is 18.2 Å². The van der Waals surface area contributed by atoms with Crippen LogP contribution in [0.1, 0.15) is 46.5 Å². The molecule has 2 rings (SSSR count). The summed E-state index contributed by atoms with van der Waals surface area (Å²) < 4.78 is 11.1. The average molecular weight is 328 g/mol. The van der Waals surface area contributed by atoms with E-state index in [0.29, 0.717) is 6.42 Å².